The van der Waals surface area contributed by atoms with Gasteiger partial charge in [-0.1, -0.05) is 53.2 Å². The van der Waals surface area contributed by atoms with Crippen molar-refractivity contribution in [3.05, 3.63) is 11.6 Å². The van der Waals surface area contributed by atoms with Gasteiger partial charge in [-0.2, -0.15) is 0 Å². The number of fused-ring (bicyclic) bond motifs is 6. The molecule has 11 atom stereocenters. The van der Waals surface area contributed by atoms with Crippen LogP contribution in [-0.4, -0.2) is 35.3 Å². The lowest BCUT2D eigenvalue weighted by Crippen LogP contribution is -2.54. The Morgan fingerprint density at radius 2 is 1.61 bits per heavy atom. The summed E-state index contributed by atoms with van der Waals surface area (Å²) in [6, 6.07) is 0. The molecule has 5 rings (SSSR count). The van der Waals surface area contributed by atoms with Crippen LogP contribution in [0, 0.1) is 46.3 Å². The largest absolute Gasteiger partial charge is 0.462 e. The van der Waals surface area contributed by atoms with Crippen LogP contribution < -0.4 is 0 Å². The fourth-order valence-electron chi connectivity index (χ4n) is 10.4. The molecule has 11 unspecified atom stereocenters. The molecule has 0 amide bonds. The lowest BCUT2D eigenvalue weighted by atomic mass is 9.46. The molecule has 0 aromatic rings. The van der Waals surface area contributed by atoms with E-state index in [1.54, 1.807) is 6.92 Å². The fraction of sp³-hybridized carbons (Fsp3) is 0.879. The van der Waals surface area contributed by atoms with Crippen molar-refractivity contribution in [2.24, 2.45) is 46.3 Å². The Balaban J connectivity index is 1.40. The van der Waals surface area contributed by atoms with E-state index in [0.29, 0.717) is 29.6 Å². The first-order chi connectivity index (χ1) is 17.7. The predicted molar refractivity (Wildman–Crippen MR) is 148 cm³/mol. The second-order valence-electron chi connectivity index (χ2n) is 14.8. The predicted octanol–water partition coefficient (Wildman–Crippen LogP) is 7.27. The van der Waals surface area contributed by atoms with Crippen molar-refractivity contribution in [2.75, 3.05) is 0 Å². The fourth-order valence-corrected chi connectivity index (χ4v) is 10.4. The van der Waals surface area contributed by atoms with Crippen LogP contribution in [0.1, 0.15) is 114 Å². The summed E-state index contributed by atoms with van der Waals surface area (Å²) in [6.45, 7) is 19.4. The summed E-state index contributed by atoms with van der Waals surface area (Å²) in [5, 5.41) is 0. The van der Waals surface area contributed by atoms with Crippen LogP contribution in [-0.2, 0) is 23.8 Å². The number of ether oxygens (including phenoxy) is 3. The summed E-state index contributed by atoms with van der Waals surface area (Å²) >= 11 is 0. The van der Waals surface area contributed by atoms with Gasteiger partial charge < -0.3 is 14.2 Å². The number of carbonyl (C=O) groups is 2. The number of epoxide rings is 1. The second-order valence-corrected chi connectivity index (χ2v) is 14.8. The Morgan fingerprint density at radius 3 is 2.24 bits per heavy atom. The average molecular weight is 529 g/mol. The topological polar surface area (TPSA) is 65.1 Å². The van der Waals surface area contributed by atoms with E-state index < -0.39 is 5.60 Å². The summed E-state index contributed by atoms with van der Waals surface area (Å²) in [7, 11) is 0. The van der Waals surface area contributed by atoms with E-state index in [4.69, 9.17) is 14.2 Å². The molecule has 1 spiro atoms. The SMILES string of the molecule is CC(=O)OC1CCC2(C)C(=CCC3C2CCC2(C)C3CCC23OC3(C)C(OC(C)=O)C(C)C(C)C(C)C)C1. The number of esters is 2. The molecule has 1 aliphatic heterocycles. The summed E-state index contributed by atoms with van der Waals surface area (Å²) in [6.07, 6.45) is 11.1. The average Bonchev–Trinajstić information content (AvgIpc) is 3.35. The van der Waals surface area contributed by atoms with E-state index in [-0.39, 0.29) is 46.5 Å². The molecule has 38 heavy (non-hydrogen) atoms. The quantitative estimate of drug-likeness (QED) is 0.206. The van der Waals surface area contributed by atoms with Crippen LogP contribution in [0.2, 0.25) is 0 Å². The number of carbonyl (C=O) groups excluding carboxylic acids is 2. The lowest BCUT2D eigenvalue weighted by Gasteiger charge is -2.58. The van der Waals surface area contributed by atoms with Crippen LogP contribution in [0.4, 0.5) is 0 Å². The Labute approximate surface area is 230 Å². The van der Waals surface area contributed by atoms with Gasteiger partial charge in [0, 0.05) is 25.7 Å². The minimum atomic E-state index is -0.431. The van der Waals surface area contributed by atoms with Gasteiger partial charge >= 0.3 is 11.9 Å². The maximum atomic E-state index is 12.3. The van der Waals surface area contributed by atoms with Gasteiger partial charge in [-0.3, -0.25) is 9.59 Å². The van der Waals surface area contributed by atoms with Crippen molar-refractivity contribution in [3.63, 3.8) is 0 Å². The second kappa shape index (κ2) is 9.35. The van der Waals surface area contributed by atoms with E-state index in [1.165, 1.54) is 31.8 Å². The Hall–Kier alpha value is -1.36. The van der Waals surface area contributed by atoms with Crippen LogP contribution in [0.5, 0.6) is 0 Å². The van der Waals surface area contributed by atoms with E-state index >= 15 is 0 Å². The standard InChI is InChI=1S/C33H52O5/c1-19(2)20(3)21(4)29(37-23(6)35)32(9)33(38-32)17-14-28-26-11-10-24-18-25(36-22(5)34)12-15-30(24,7)27(26)13-16-31(28,33)8/h10,19-21,25-29H,11-18H2,1-9H3. The zero-order valence-electron chi connectivity index (χ0n) is 25.4. The molecule has 0 aromatic carbocycles. The zero-order valence-corrected chi connectivity index (χ0v) is 25.4. The molecule has 5 nitrogen and oxygen atoms in total. The molecule has 0 radical (unpaired) electrons. The van der Waals surface area contributed by atoms with Crippen molar-refractivity contribution in [1.82, 2.24) is 0 Å². The molecule has 214 valence electrons. The van der Waals surface area contributed by atoms with E-state index in [1.807, 2.05) is 0 Å². The summed E-state index contributed by atoms with van der Waals surface area (Å²) in [4.78, 5) is 23.9. The van der Waals surface area contributed by atoms with Crippen molar-refractivity contribution >= 4 is 11.9 Å². The first-order valence-electron chi connectivity index (χ1n) is 15.4. The van der Waals surface area contributed by atoms with E-state index in [2.05, 4.69) is 54.5 Å². The van der Waals surface area contributed by atoms with Crippen LogP contribution in [0.15, 0.2) is 11.6 Å². The van der Waals surface area contributed by atoms with E-state index in [0.717, 1.165) is 32.1 Å². The molecule has 5 aliphatic rings. The highest BCUT2D eigenvalue weighted by molar-refractivity contribution is 5.66. The number of rotatable bonds is 6. The molecular formula is C33H52O5. The zero-order chi connectivity index (χ0) is 27.8. The first kappa shape index (κ1) is 28.2. The van der Waals surface area contributed by atoms with Gasteiger partial charge in [0.1, 0.15) is 23.4 Å². The lowest BCUT2D eigenvalue weighted by molar-refractivity contribution is -0.155. The molecule has 0 aromatic heterocycles. The van der Waals surface area contributed by atoms with Crippen LogP contribution in [0.3, 0.4) is 0 Å². The number of allylic oxidation sites excluding steroid dienone is 1. The maximum absolute atomic E-state index is 12.3. The Morgan fingerprint density at radius 1 is 0.921 bits per heavy atom. The van der Waals surface area contributed by atoms with Gasteiger partial charge in [-0.05, 0) is 92.8 Å². The molecule has 0 N–H and O–H groups in total. The Kier molecular flexibility index (Phi) is 6.93. The molecule has 0 bridgehead atoms. The Bertz CT molecular complexity index is 1000. The highest BCUT2D eigenvalue weighted by atomic mass is 16.7. The summed E-state index contributed by atoms with van der Waals surface area (Å²) in [5.74, 6) is 2.80. The summed E-state index contributed by atoms with van der Waals surface area (Å²) < 4.78 is 18.7. The van der Waals surface area contributed by atoms with Crippen LogP contribution in [0.25, 0.3) is 0 Å². The minimum Gasteiger partial charge on any atom is -0.462 e. The van der Waals surface area contributed by atoms with Gasteiger partial charge in [0.05, 0.1) is 0 Å². The van der Waals surface area contributed by atoms with Crippen molar-refractivity contribution in [3.8, 4) is 0 Å². The van der Waals surface area contributed by atoms with Crippen LogP contribution >= 0.6 is 0 Å². The minimum absolute atomic E-state index is 0.0426. The third-order valence-corrected chi connectivity index (χ3v) is 12.9. The van der Waals surface area contributed by atoms with Gasteiger partial charge in [0.2, 0.25) is 0 Å². The number of hydrogen-bond donors (Lipinski definition) is 0. The molecule has 4 fully saturated rings. The highest BCUT2D eigenvalue weighted by Gasteiger charge is 2.82. The number of hydrogen-bond acceptors (Lipinski definition) is 5. The van der Waals surface area contributed by atoms with Crippen molar-refractivity contribution in [2.45, 2.75) is 137 Å². The smallest absolute Gasteiger partial charge is 0.303 e. The van der Waals surface area contributed by atoms with Gasteiger partial charge in [-0.15, -0.1) is 0 Å². The molecule has 3 saturated carbocycles. The highest BCUT2D eigenvalue weighted by Crippen LogP contribution is 2.76. The molecule has 4 aliphatic carbocycles. The summed E-state index contributed by atoms with van der Waals surface area (Å²) in [5.41, 5.74) is 1.20. The molecule has 1 saturated heterocycles. The third kappa shape index (κ3) is 3.95. The third-order valence-electron chi connectivity index (χ3n) is 12.9. The van der Waals surface area contributed by atoms with Crippen molar-refractivity contribution < 1.29 is 23.8 Å². The molecule has 5 heteroatoms. The van der Waals surface area contributed by atoms with E-state index in [9.17, 15) is 9.59 Å². The first-order valence-corrected chi connectivity index (χ1v) is 15.4. The van der Waals surface area contributed by atoms with Crippen molar-refractivity contribution in [1.29, 1.82) is 0 Å². The molecular weight excluding hydrogens is 476 g/mol. The van der Waals surface area contributed by atoms with Gasteiger partial charge in [0.25, 0.3) is 0 Å². The van der Waals surface area contributed by atoms with Gasteiger partial charge in [0.15, 0.2) is 0 Å². The molecule has 1 heterocycles. The normalized spacial score (nSPS) is 45.8. The van der Waals surface area contributed by atoms with Gasteiger partial charge in [-0.25, -0.2) is 0 Å². The maximum Gasteiger partial charge on any atom is 0.303 e. The monoisotopic (exact) mass is 528 g/mol.